The smallest absolute Gasteiger partial charge is 0.243 e. The van der Waals surface area contributed by atoms with Gasteiger partial charge in [-0.3, -0.25) is 9.59 Å². The Morgan fingerprint density at radius 3 is 2.72 bits per heavy atom. The standard InChI is InChI=1S/C13H17N3O2/c17-12(16-10-5-2-1-3-6-10)9-15-13(18)11-7-4-8-14-11/h1-3,5-6,11,14H,4,7-9H2,(H,15,18)(H,16,17)/t11-/m0/s1. The first kappa shape index (κ1) is 12.6. The molecule has 0 spiro atoms. The molecule has 2 rings (SSSR count). The molecule has 96 valence electrons. The molecule has 5 heteroatoms. The van der Waals surface area contributed by atoms with Crippen LogP contribution in [0.3, 0.4) is 0 Å². The summed E-state index contributed by atoms with van der Waals surface area (Å²) in [6.45, 7) is 0.875. The molecule has 1 heterocycles. The lowest BCUT2D eigenvalue weighted by molar-refractivity contribution is -0.125. The SMILES string of the molecule is O=C(CNC(=O)[C@@H]1CCCN1)Nc1ccccc1. The summed E-state index contributed by atoms with van der Waals surface area (Å²) in [6.07, 6.45) is 1.85. The minimum Gasteiger partial charge on any atom is -0.346 e. The van der Waals surface area contributed by atoms with Crippen LogP contribution in [0.2, 0.25) is 0 Å². The molecule has 1 atom stereocenters. The average Bonchev–Trinajstić information content (AvgIpc) is 2.91. The van der Waals surface area contributed by atoms with Crippen molar-refractivity contribution in [2.75, 3.05) is 18.4 Å². The van der Waals surface area contributed by atoms with Crippen molar-refractivity contribution in [3.63, 3.8) is 0 Å². The van der Waals surface area contributed by atoms with E-state index in [4.69, 9.17) is 0 Å². The van der Waals surface area contributed by atoms with Gasteiger partial charge in [0.2, 0.25) is 11.8 Å². The highest BCUT2D eigenvalue weighted by Gasteiger charge is 2.21. The second kappa shape index (κ2) is 6.16. The van der Waals surface area contributed by atoms with Gasteiger partial charge in [-0.15, -0.1) is 0 Å². The molecular weight excluding hydrogens is 230 g/mol. The van der Waals surface area contributed by atoms with Gasteiger partial charge >= 0.3 is 0 Å². The molecule has 1 aromatic carbocycles. The van der Waals surface area contributed by atoms with Crippen LogP contribution in [-0.4, -0.2) is 30.9 Å². The number of carbonyl (C=O) groups is 2. The Labute approximate surface area is 106 Å². The number of anilines is 1. The van der Waals surface area contributed by atoms with Crippen molar-refractivity contribution in [1.82, 2.24) is 10.6 Å². The topological polar surface area (TPSA) is 70.2 Å². The zero-order valence-electron chi connectivity index (χ0n) is 10.1. The molecule has 1 saturated heterocycles. The quantitative estimate of drug-likeness (QED) is 0.725. The summed E-state index contributed by atoms with van der Waals surface area (Å²) in [5, 5.41) is 8.43. The average molecular weight is 247 g/mol. The van der Waals surface area contributed by atoms with Crippen molar-refractivity contribution < 1.29 is 9.59 Å². The van der Waals surface area contributed by atoms with Gasteiger partial charge in [-0.25, -0.2) is 0 Å². The minimum atomic E-state index is -0.215. The molecule has 0 radical (unpaired) electrons. The highest BCUT2D eigenvalue weighted by atomic mass is 16.2. The predicted molar refractivity (Wildman–Crippen MR) is 69.1 cm³/mol. The zero-order valence-corrected chi connectivity index (χ0v) is 10.1. The zero-order chi connectivity index (χ0) is 12.8. The second-order valence-electron chi connectivity index (χ2n) is 4.28. The molecule has 0 unspecified atom stereocenters. The first-order valence-corrected chi connectivity index (χ1v) is 6.12. The van der Waals surface area contributed by atoms with E-state index in [0.29, 0.717) is 0 Å². The van der Waals surface area contributed by atoms with E-state index in [1.807, 2.05) is 18.2 Å². The van der Waals surface area contributed by atoms with Crippen molar-refractivity contribution in [3.05, 3.63) is 30.3 Å². The fourth-order valence-corrected chi connectivity index (χ4v) is 1.93. The summed E-state index contributed by atoms with van der Waals surface area (Å²) in [5.74, 6) is -0.316. The Morgan fingerprint density at radius 1 is 1.28 bits per heavy atom. The van der Waals surface area contributed by atoms with E-state index in [9.17, 15) is 9.59 Å². The Hall–Kier alpha value is -1.88. The molecule has 0 bridgehead atoms. The number of benzene rings is 1. The van der Waals surface area contributed by atoms with Crippen LogP contribution in [0, 0.1) is 0 Å². The lowest BCUT2D eigenvalue weighted by Gasteiger charge is -2.11. The van der Waals surface area contributed by atoms with Crippen LogP contribution in [0.25, 0.3) is 0 Å². The normalized spacial score (nSPS) is 18.3. The van der Waals surface area contributed by atoms with Gasteiger partial charge in [-0.05, 0) is 31.5 Å². The summed E-state index contributed by atoms with van der Waals surface area (Å²) in [5.41, 5.74) is 0.732. The number of hydrogen-bond donors (Lipinski definition) is 3. The Kier molecular flexibility index (Phi) is 4.30. The van der Waals surface area contributed by atoms with Gasteiger partial charge in [0, 0.05) is 5.69 Å². The van der Waals surface area contributed by atoms with Gasteiger partial charge in [0.25, 0.3) is 0 Å². The van der Waals surface area contributed by atoms with Crippen molar-refractivity contribution in [1.29, 1.82) is 0 Å². The minimum absolute atomic E-state index is 0.00586. The van der Waals surface area contributed by atoms with E-state index in [1.165, 1.54) is 0 Å². The van der Waals surface area contributed by atoms with Crippen LogP contribution in [0.15, 0.2) is 30.3 Å². The summed E-state index contributed by atoms with van der Waals surface area (Å²) < 4.78 is 0. The first-order valence-electron chi connectivity index (χ1n) is 6.12. The van der Waals surface area contributed by atoms with Crippen molar-refractivity contribution in [2.45, 2.75) is 18.9 Å². The fourth-order valence-electron chi connectivity index (χ4n) is 1.93. The van der Waals surface area contributed by atoms with Gasteiger partial charge < -0.3 is 16.0 Å². The van der Waals surface area contributed by atoms with Crippen LogP contribution in [0.4, 0.5) is 5.69 Å². The molecule has 1 aliphatic heterocycles. The van der Waals surface area contributed by atoms with E-state index in [0.717, 1.165) is 25.1 Å². The molecule has 0 aromatic heterocycles. The number of hydrogen-bond acceptors (Lipinski definition) is 3. The fraction of sp³-hybridized carbons (Fsp3) is 0.385. The van der Waals surface area contributed by atoms with E-state index < -0.39 is 0 Å². The molecule has 2 amide bonds. The Balaban J connectivity index is 1.73. The number of carbonyl (C=O) groups excluding carboxylic acids is 2. The Bertz CT molecular complexity index is 414. The molecular formula is C13H17N3O2. The molecule has 0 saturated carbocycles. The van der Waals surface area contributed by atoms with Gasteiger partial charge in [-0.2, -0.15) is 0 Å². The predicted octanol–water partition coefficient (Wildman–Crippen LogP) is 0.493. The summed E-state index contributed by atoms with van der Waals surface area (Å²) in [7, 11) is 0. The van der Waals surface area contributed by atoms with Crippen LogP contribution in [0.1, 0.15) is 12.8 Å². The second-order valence-corrected chi connectivity index (χ2v) is 4.28. The monoisotopic (exact) mass is 247 g/mol. The molecule has 18 heavy (non-hydrogen) atoms. The maximum absolute atomic E-state index is 11.6. The summed E-state index contributed by atoms with van der Waals surface area (Å²) >= 11 is 0. The van der Waals surface area contributed by atoms with Gasteiger partial charge in [0.1, 0.15) is 0 Å². The third-order valence-corrected chi connectivity index (χ3v) is 2.86. The lowest BCUT2D eigenvalue weighted by atomic mass is 10.2. The molecule has 1 aromatic rings. The van der Waals surface area contributed by atoms with Gasteiger partial charge in [0.05, 0.1) is 12.6 Å². The van der Waals surface area contributed by atoms with E-state index in [-0.39, 0.29) is 24.4 Å². The van der Waals surface area contributed by atoms with Crippen molar-refractivity contribution >= 4 is 17.5 Å². The first-order chi connectivity index (χ1) is 8.75. The maximum atomic E-state index is 11.6. The largest absolute Gasteiger partial charge is 0.346 e. The molecule has 1 aliphatic rings. The van der Waals surface area contributed by atoms with E-state index in [1.54, 1.807) is 12.1 Å². The maximum Gasteiger partial charge on any atom is 0.243 e. The Morgan fingerprint density at radius 2 is 2.06 bits per heavy atom. The lowest BCUT2D eigenvalue weighted by Crippen LogP contribution is -2.43. The molecule has 1 fully saturated rings. The number of rotatable bonds is 4. The van der Waals surface area contributed by atoms with Crippen LogP contribution < -0.4 is 16.0 Å². The van der Waals surface area contributed by atoms with Gasteiger partial charge in [-0.1, -0.05) is 18.2 Å². The molecule has 3 N–H and O–H groups in total. The third kappa shape index (κ3) is 3.56. The van der Waals surface area contributed by atoms with Crippen molar-refractivity contribution in [3.8, 4) is 0 Å². The van der Waals surface area contributed by atoms with Crippen LogP contribution >= 0.6 is 0 Å². The highest BCUT2D eigenvalue weighted by Crippen LogP contribution is 2.05. The van der Waals surface area contributed by atoms with E-state index in [2.05, 4.69) is 16.0 Å². The summed E-state index contributed by atoms with van der Waals surface area (Å²) in [4.78, 5) is 23.2. The number of para-hydroxylation sites is 1. The van der Waals surface area contributed by atoms with Crippen LogP contribution in [-0.2, 0) is 9.59 Å². The van der Waals surface area contributed by atoms with Crippen LogP contribution in [0.5, 0.6) is 0 Å². The summed E-state index contributed by atoms with van der Waals surface area (Å²) in [6, 6.07) is 9.03. The molecule has 5 nitrogen and oxygen atoms in total. The number of amides is 2. The van der Waals surface area contributed by atoms with Gasteiger partial charge in [0.15, 0.2) is 0 Å². The van der Waals surface area contributed by atoms with E-state index >= 15 is 0 Å². The third-order valence-electron chi connectivity index (χ3n) is 2.86. The number of nitrogens with one attached hydrogen (secondary N) is 3. The highest BCUT2D eigenvalue weighted by molar-refractivity contribution is 5.95. The molecule has 0 aliphatic carbocycles. The van der Waals surface area contributed by atoms with Crippen molar-refractivity contribution in [2.24, 2.45) is 0 Å².